The van der Waals surface area contributed by atoms with Crippen LogP contribution >= 0.6 is 34.0 Å². The summed E-state index contributed by atoms with van der Waals surface area (Å²) in [6, 6.07) is 4.03. The lowest BCUT2D eigenvalue weighted by molar-refractivity contribution is 0.103. The molecule has 3 aromatic rings. The Hall–Kier alpha value is -1.57. The van der Waals surface area contributed by atoms with Gasteiger partial charge in [0, 0.05) is 4.88 Å². The summed E-state index contributed by atoms with van der Waals surface area (Å²) in [6.07, 6.45) is 7.12. The molecule has 3 heterocycles. The van der Waals surface area contributed by atoms with E-state index in [1.807, 2.05) is 24.4 Å². The average molecular weight is 390 g/mol. The molecule has 1 aliphatic carbocycles. The van der Waals surface area contributed by atoms with Gasteiger partial charge in [-0.2, -0.15) is 0 Å². The number of aromatic nitrogens is 2. The van der Waals surface area contributed by atoms with Crippen molar-refractivity contribution in [2.24, 2.45) is 0 Å². The van der Waals surface area contributed by atoms with Gasteiger partial charge in [0.2, 0.25) is 0 Å². The Morgan fingerprint density at radius 1 is 1.12 bits per heavy atom. The summed E-state index contributed by atoms with van der Waals surface area (Å²) in [5.41, 5.74) is 1.96. The summed E-state index contributed by atoms with van der Waals surface area (Å²) < 4.78 is 0. The number of carbonyl (C=O) groups excluding carboxylic acids is 1. The monoisotopic (exact) mass is 389 g/mol. The highest BCUT2D eigenvalue weighted by Crippen LogP contribution is 2.33. The zero-order valence-electron chi connectivity index (χ0n) is 14.0. The molecule has 4 nitrogen and oxygen atoms in total. The fourth-order valence-corrected chi connectivity index (χ4v) is 5.83. The fourth-order valence-electron chi connectivity index (χ4n) is 3.03. The van der Waals surface area contributed by atoms with Gasteiger partial charge in [0.1, 0.15) is 9.88 Å². The zero-order chi connectivity index (χ0) is 17.2. The van der Waals surface area contributed by atoms with Crippen molar-refractivity contribution < 1.29 is 4.79 Å². The van der Waals surface area contributed by atoms with Gasteiger partial charge in [0.15, 0.2) is 5.13 Å². The Labute approximate surface area is 159 Å². The maximum Gasteiger partial charge on any atom is 0.269 e. The highest BCUT2D eigenvalue weighted by molar-refractivity contribution is 7.22. The first-order valence-corrected chi connectivity index (χ1v) is 11.0. The van der Waals surface area contributed by atoms with Gasteiger partial charge in [-0.05, 0) is 44.1 Å². The minimum absolute atomic E-state index is 0.0977. The Balaban J connectivity index is 1.53. The van der Waals surface area contributed by atoms with Crippen molar-refractivity contribution in [2.45, 2.75) is 45.4 Å². The first-order valence-electron chi connectivity index (χ1n) is 8.52. The molecule has 25 heavy (non-hydrogen) atoms. The zero-order valence-corrected chi connectivity index (χ0v) is 16.5. The molecular weight excluding hydrogens is 370 g/mol. The Morgan fingerprint density at radius 2 is 1.96 bits per heavy atom. The average Bonchev–Trinajstić information content (AvgIpc) is 3.28. The minimum atomic E-state index is -0.0977. The van der Waals surface area contributed by atoms with Crippen molar-refractivity contribution in [2.75, 3.05) is 5.32 Å². The third-order valence-corrected chi connectivity index (χ3v) is 7.57. The number of amides is 1. The van der Waals surface area contributed by atoms with Crippen LogP contribution < -0.4 is 5.32 Å². The van der Waals surface area contributed by atoms with Crippen molar-refractivity contribution >= 4 is 45.0 Å². The number of thiazole rings is 2. The highest BCUT2D eigenvalue weighted by Gasteiger charge is 2.19. The number of aryl methyl sites for hydroxylation is 3. The summed E-state index contributed by atoms with van der Waals surface area (Å²) in [5, 5.41) is 6.65. The molecule has 0 aromatic carbocycles. The number of carbonyl (C=O) groups is 1. The minimum Gasteiger partial charge on any atom is -0.297 e. The summed E-state index contributed by atoms with van der Waals surface area (Å²) in [6.45, 7) is 1.89. The number of thiophene rings is 1. The van der Waals surface area contributed by atoms with Crippen molar-refractivity contribution in [1.82, 2.24) is 9.97 Å². The molecule has 0 fully saturated rings. The van der Waals surface area contributed by atoms with Crippen molar-refractivity contribution in [3.05, 3.63) is 38.7 Å². The molecule has 1 N–H and O–H groups in total. The van der Waals surface area contributed by atoms with Gasteiger partial charge in [-0.1, -0.05) is 18.9 Å². The van der Waals surface area contributed by atoms with E-state index < -0.39 is 0 Å². The molecule has 0 unspecified atom stereocenters. The van der Waals surface area contributed by atoms with Crippen LogP contribution in [-0.4, -0.2) is 15.9 Å². The summed E-state index contributed by atoms with van der Waals surface area (Å²) >= 11 is 4.73. The quantitative estimate of drug-likeness (QED) is 0.639. The summed E-state index contributed by atoms with van der Waals surface area (Å²) in [7, 11) is 0. The number of hydrogen-bond acceptors (Lipinski definition) is 6. The molecule has 0 aliphatic heterocycles. The van der Waals surface area contributed by atoms with E-state index in [9.17, 15) is 4.79 Å². The molecule has 1 amide bonds. The fraction of sp³-hybridized carbons (Fsp3) is 0.389. The van der Waals surface area contributed by atoms with Gasteiger partial charge < -0.3 is 0 Å². The van der Waals surface area contributed by atoms with E-state index in [1.165, 1.54) is 47.6 Å². The molecule has 0 bridgehead atoms. The summed E-state index contributed by atoms with van der Waals surface area (Å²) in [5.74, 6) is -0.0977. The molecule has 1 aliphatic rings. The van der Waals surface area contributed by atoms with E-state index in [-0.39, 0.29) is 5.91 Å². The van der Waals surface area contributed by atoms with Crippen LogP contribution in [0.4, 0.5) is 5.13 Å². The standard InChI is InChI=1S/C18H19N3OS3/c1-11-15(25-17(19-11)14-9-6-10-23-14)16(22)21-18-20-12-7-4-2-3-5-8-13(12)24-18/h6,9-10H,2-5,7-8H2,1H3,(H,20,21,22). The molecule has 0 saturated carbocycles. The van der Waals surface area contributed by atoms with Gasteiger partial charge in [-0.25, -0.2) is 9.97 Å². The highest BCUT2D eigenvalue weighted by atomic mass is 32.1. The van der Waals surface area contributed by atoms with E-state index in [4.69, 9.17) is 0 Å². The predicted molar refractivity (Wildman–Crippen MR) is 106 cm³/mol. The Morgan fingerprint density at radius 3 is 2.76 bits per heavy atom. The first kappa shape index (κ1) is 16.9. The van der Waals surface area contributed by atoms with Crippen molar-refractivity contribution in [3.63, 3.8) is 0 Å². The maximum absolute atomic E-state index is 12.7. The third-order valence-electron chi connectivity index (χ3n) is 4.30. The molecule has 4 rings (SSSR count). The molecule has 0 radical (unpaired) electrons. The second kappa shape index (κ2) is 7.35. The first-order chi connectivity index (χ1) is 12.2. The second-order valence-electron chi connectivity index (χ2n) is 6.17. The van der Waals surface area contributed by atoms with E-state index in [0.29, 0.717) is 4.88 Å². The van der Waals surface area contributed by atoms with Crippen LogP contribution in [0.3, 0.4) is 0 Å². The number of anilines is 1. The van der Waals surface area contributed by atoms with E-state index >= 15 is 0 Å². The predicted octanol–water partition coefficient (Wildman–Crippen LogP) is 5.55. The maximum atomic E-state index is 12.7. The van der Waals surface area contributed by atoms with Crippen LogP contribution in [0, 0.1) is 6.92 Å². The third kappa shape index (κ3) is 3.68. The number of nitrogens with one attached hydrogen (secondary N) is 1. The van der Waals surface area contributed by atoms with Gasteiger partial charge in [-0.3, -0.25) is 10.1 Å². The van der Waals surface area contributed by atoms with Gasteiger partial charge >= 0.3 is 0 Å². The molecule has 0 atom stereocenters. The normalized spacial score (nSPS) is 14.6. The van der Waals surface area contributed by atoms with E-state index in [0.717, 1.165) is 33.6 Å². The number of hydrogen-bond donors (Lipinski definition) is 1. The molecule has 0 spiro atoms. The van der Waals surface area contributed by atoms with Crippen LogP contribution in [0.25, 0.3) is 9.88 Å². The Bertz CT molecular complexity index is 854. The SMILES string of the molecule is Cc1nc(-c2cccs2)sc1C(=O)Nc1nc2c(s1)CCCCCC2. The second-order valence-corrected chi connectivity index (χ2v) is 9.20. The van der Waals surface area contributed by atoms with Gasteiger partial charge in [0.05, 0.1) is 16.3 Å². The molecule has 7 heteroatoms. The number of fused-ring (bicyclic) bond motifs is 1. The van der Waals surface area contributed by atoms with Gasteiger partial charge in [-0.15, -0.1) is 34.0 Å². The summed E-state index contributed by atoms with van der Waals surface area (Å²) in [4.78, 5) is 25.0. The van der Waals surface area contributed by atoms with Crippen LogP contribution in [0.15, 0.2) is 17.5 Å². The molecule has 3 aromatic heterocycles. The van der Waals surface area contributed by atoms with Gasteiger partial charge in [0.25, 0.3) is 5.91 Å². The smallest absolute Gasteiger partial charge is 0.269 e. The van der Waals surface area contributed by atoms with E-state index in [2.05, 4.69) is 15.3 Å². The largest absolute Gasteiger partial charge is 0.297 e. The molecular formula is C18H19N3OS3. The van der Waals surface area contributed by atoms with Crippen LogP contribution in [0.2, 0.25) is 0 Å². The lowest BCUT2D eigenvalue weighted by Crippen LogP contribution is -2.11. The number of rotatable bonds is 3. The van der Waals surface area contributed by atoms with Crippen LogP contribution in [0.5, 0.6) is 0 Å². The Kier molecular flexibility index (Phi) is 4.96. The van der Waals surface area contributed by atoms with Crippen molar-refractivity contribution in [3.8, 4) is 9.88 Å². The number of nitrogens with zero attached hydrogens (tertiary/aromatic N) is 2. The lowest BCUT2D eigenvalue weighted by Gasteiger charge is -2.06. The molecule has 130 valence electrons. The topological polar surface area (TPSA) is 54.9 Å². The lowest BCUT2D eigenvalue weighted by atomic mass is 10.0. The van der Waals surface area contributed by atoms with E-state index in [1.54, 1.807) is 22.7 Å². The molecule has 0 saturated heterocycles. The van der Waals surface area contributed by atoms with Crippen LogP contribution in [0.1, 0.15) is 51.6 Å². The van der Waals surface area contributed by atoms with Crippen molar-refractivity contribution in [1.29, 1.82) is 0 Å². The van der Waals surface area contributed by atoms with Crippen LogP contribution in [-0.2, 0) is 12.8 Å².